The van der Waals surface area contributed by atoms with Gasteiger partial charge in [-0.1, -0.05) is 35.9 Å². The summed E-state index contributed by atoms with van der Waals surface area (Å²) in [5.41, 5.74) is 2.02. The van der Waals surface area contributed by atoms with Gasteiger partial charge in [-0.05, 0) is 74.6 Å². The fraction of sp³-hybridized carbons (Fsp3) is 0.394. The van der Waals surface area contributed by atoms with Crippen LogP contribution in [0, 0.1) is 12.7 Å². The predicted octanol–water partition coefficient (Wildman–Crippen LogP) is 4.64. The van der Waals surface area contributed by atoms with Gasteiger partial charge in [0.2, 0.25) is 15.9 Å². The summed E-state index contributed by atoms with van der Waals surface area (Å²) in [7, 11) is -0.895. The third kappa shape index (κ3) is 6.89. The number of methoxy groups -OCH3 is 2. The number of benzene rings is 3. The number of hydrogen-bond donors (Lipinski definition) is 0. The molecule has 0 aromatic heterocycles. The van der Waals surface area contributed by atoms with Crippen LogP contribution < -0.4 is 9.47 Å². The predicted molar refractivity (Wildman–Crippen MR) is 164 cm³/mol. The maximum atomic E-state index is 14.0. The summed E-state index contributed by atoms with van der Waals surface area (Å²) >= 11 is 0. The first kappa shape index (κ1) is 31.5. The van der Waals surface area contributed by atoms with Crippen molar-refractivity contribution < 1.29 is 31.9 Å². The molecule has 2 fully saturated rings. The van der Waals surface area contributed by atoms with E-state index in [4.69, 9.17) is 9.47 Å². The summed E-state index contributed by atoms with van der Waals surface area (Å²) in [6.45, 7) is 2.55. The fourth-order valence-electron chi connectivity index (χ4n) is 5.65. The highest BCUT2D eigenvalue weighted by Gasteiger charge is 2.41. The van der Waals surface area contributed by atoms with E-state index in [-0.39, 0.29) is 47.7 Å². The van der Waals surface area contributed by atoms with Gasteiger partial charge in [0, 0.05) is 31.7 Å². The number of sulfonamides is 1. The molecule has 1 aliphatic heterocycles. The van der Waals surface area contributed by atoms with E-state index in [1.165, 1.54) is 30.7 Å². The molecule has 3 aromatic rings. The molecule has 0 radical (unpaired) electrons. The van der Waals surface area contributed by atoms with Gasteiger partial charge in [0.05, 0.1) is 25.7 Å². The maximum Gasteiger partial charge on any atom is 0.261 e. The SMILES string of the molecule is COc1cccc(OC)c1C(=O)N1CCC(N(Cc2ccc(F)cc2)C(=O)CN(C2CC2)S(=O)(=O)c2ccc(C)cc2)CC1. The minimum atomic E-state index is -3.90. The van der Waals surface area contributed by atoms with Crippen LogP contribution in [-0.4, -0.2) is 80.3 Å². The third-order valence-corrected chi connectivity index (χ3v) is 10.2. The van der Waals surface area contributed by atoms with Crippen LogP contribution in [-0.2, 0) is 21.4 Å². The van der Waals surface area contributed by atoms with Crippen LogP contribution in [0.3, 0.4) is 0 Å². The van der Waals surface area contributed by atoms with Crippen LogP contribution in [0.4, 0.5) is 4.39 Å². The Morgan fingerprint density at radius 2 is 1.45 bits per heavy atom. The summed E-state index contributed by atoms with van der Waals surface area (Å²) in [4.78, 5) is 31.2. The van der Waals surface area contributed by atoms with Gasteiger partial charge in [-0.15, -0.1) is 0 Å². The van der Waals surface area contributed by atoms with Crippen molar-refractivity contribution in [1.29, 1.82) is 0 Å². The van der Waals surface area contributed by atoms with Crippen molar-refractivity contribution in [3.8, 4) is 11.5 Å². The molecule has 44 heavy (non-hydrogen) atoms. The van der Waals surface area contributed by atoms with Gasteiger partial charge >= 0.3 is 0 Å². The largest absolute Gasteiger partial charge is 0.496 e. The zero-order valence-corrected chi connectivity index (χ0v) is 26.1. The van der Waals surface area contributed by atoms with Crippen LogP contribution in [0.5, 0.6) is 11.5 Å². The summed E-state index contributed by atoms with van der Waals surface area (Å²) < 4.78 is 53.2. The molecule has 0 atom stereocenters. The summed E-state index contributed by atoms with van der Waals surface area (Å²) in [6, 6.07) is 17.3. The molecule has 0 bridgehead atoms. The molecule has 234 valence electrons. The number of hydrogen-bond acceptors (Lipinski definition) is 6. The minimum absolute atomic E-state index is 0.159. The third-order valence-electron chi connectivity index (χ3n) is 8.29. The van der Waals surface area contributed by atoms with E-state index < -0.39 is 10.0 Å². The summed E-state index contributed by atoms with van der Waals surface area (Å²) in [5.74, 6) is -0.0975. The van der Waals surface area contributed by atoms with Crippen molar-refractivity contribution in [2.24, 2.45) is 0 Å². The fourth-order valence-corrected chi connectivity index (χ4v) is 7.29. The van der Waals surface area contributed by atoms with Gasteiger partial charge in [0.15, 0.2) is 0 Å². The van der Waals surface area contributed by atoms with Crippen molar-refractivity contribution in [3.05, 3.63) is 89.2 Å². The Hall–Kier alpha value is -3.96. The zero-order chi connectivity index (χ0) is 31.4. The number of aryl methyl sites for hydroxylation is 1. The van der Waals surface area contributed by atoms with Gasteiger partial charge in [0.1, 0.15) is 22.9 Å². The normalized spacial score (nSPS) is 15.7. The van der Waals surface area contributed by atoms with Crippen molar-refractivity contribution in [3.63, 3.8) is 0 Å². The first-order valence-corrected chi connectivity index (χ1v) is 16.2. The molecule has 1 saturated carbocycles. The molecule has 0 spiro atoms. The molecule has 11 heteroatoms. The number of nitrogens with zero attached hydrogens (tertiary/aromatic N) is 3. The Balaban J connectivity index is 1.36. The lowest BCUT2D eigenvalue weighted by molar-refractivity contribution is -0.135. The highest BCUT2D eigenvalue weighted by Crippen LogP contribution is 2.34. The van der Waals surface area contributed by atoms with Gasteiger partial charge in [0.25, 0.3) is 5.91 Å². The number of piperidine rings is 1. The van der Waals surface area contributed by atoms with Crippen molar-refractivity contribution in [1.82, 2.24) is 14.1 Å². The molecule has 1 heterocycles. The van der Waals surface area contributed by atoms with Gasteiger partial charge < -0.3 is 19.3 Å². The molecule has 2 aliphatic rings. The number of halogens is 1. The Kier molecular flexibility index (Phi) is 9.55. The van der Waals surface area contributed by atoms with Gasteiger partial charge in [-0.3, -0.25) is 9.59 Å². The van der Waals surface area contributed by atoms with E-state index in [0.29, 0.717) is 55.8 Å². The van der Waals surface area contributed by atoms with Crippen LogP contribution in [0.25, 0.3) is 0 Å². The smallest absolute Gasteiger partial charge is 0.261 e. The highest BCUT2D eigenvalue weighted by atomic mass is 32.2. The standard InChI is InChI=1S/C33H38FN3O6S/c1-23-7-15-28(16-8-23)44(40,41)37(27-13-14-27)22-31(38)36(21-24-9-11-25(34)12-10-24)26-17-19-35(20-18-26)33(39)32-29(42-2)5-4-6-30(32)43-3/h4-12,15-16,26-27H,13-14,17-22H2,1-3H3. The second-order valence-corrected chi connectivity index (χ2v) is 13.2. The average Bonchev–Trinajstić information content (AvgIpc) is 3.88. The number of ether oxygens (including phenoxy) is 2. The first-order chi connectivity index (χ1) is 21.1. The van der Waals surface area contributed by atoms with Crippen molar-refractivity contribution >= 4 is 21.8 Å². The van der Waals surface area contributed by atoms with E-state index in [2.05, 4.69) is 0 Å². The number of carbonyl (C=O) groups is 2. The maximum absolute atomic E-state index is 14.0. The quantitative estimate of drug-likeness (QED) is 0.309. The molecule has 1 aliphatic carbocycles. The molecule has 0 N–H and O–H groups in total. The van der Waals surface area contributed by atoms with E-state index >= 15 is 0 Å². The molecule has 9 nitrogen and oxygen atoms in total. The summed E-state index contributed by atoms with van der Waals surface area (Å²) in [5, 5.41) is 0. The van der Waals surface area contributed by atoms with Crippen molar-refractivity contribution in [2.45, 2.75) is 56.1 Å². The van der Waals surface area contributed by atoms with E-state index in [1.807, 2.05) is 6.92 Å². The van der Waals surface area contributed by atoms with E-state index in [1.54, 1.807) is 64.4 Å². The Labute approximate surface area is 258 Å². The van der Waals surface area contributed by atoms with Crippen LogP contribution >= 0.6 is 0 Å². The second kappa shape index (κ2) is 13.4. The van der Waals surface area contributed by atoms with E-state index in [9.17, 15) is 22.4 Å². The van der Waals surface area contributed by atoms with E-state index in [0.717, 1.165) is 11.1 Å². The zero-order valence-electron chi connectivity index (χ0n) is 25.2. The molecule has 2 amide bonds. The molecule has 0 unspecified atom stereocenters. The van der Waals surface area contributed by atoms with Gasteiger partial charge in [-0.25, -0.2) is 12.8 Å². The highest BCUT2D eigenvalue weighted by molar-refractivity contribution is 7.89. The summed E-state index contributed by atoms with van der Waals surface area (Å²) in [6.07, 6.45) is 2.38. The molecular formula is C33H38FN3O6S. The van der Waals surface area contributed by atoms with Crippen LogP contribution in [0.2, 0.25) is 0 Å². The number of likely N-dealkylation sites (tertiary alicyclic amines) is 1. The lowest BCUT2D eigenvalue weighted by Gasteiger charge is -2.39. The van der Waals surface area contributed by atoms with Crippen LogP contribution in [0.1, 0.15) is 47.2 Å². The molecule has 5 rings (SSSR count). The number of carbonyl (C=O) groups excluding carboxylic acids is 2. The number of rotatable bonds is 11. The monoisotopic (exact) mass is 623 g/mol. The first-order valence-electron chi connectivity index (χ1n) is 14.7. The second-order valence-electron chi connectivity index (χ2n) is 11.3. The Morgan fingerprint density at radius 1 is 0.864 bits per heavy atom. The molecule has 1 saturated heterocycles. The topological polar surface area (TPSA) is 96.5 Å². The Bertz CT molecular complexity index is 1560. The van der Waals surface area contributed by atoms with Crippen molar-refractivity contribution in [2.75, 3.05) is 33.9 Å². The van der Waals surface area contributed by atoms with Crippen LogP contribution in [0.15, 0.2) is 71.6 Å². The number of amides is 2. The lowest BCUT2D eigenvalue weighted by Crippen LogP contribution is -2.51. The minimum Gasteiger partial charge on any atom is -0.496 e. The Morgan fingerprint density at radius 3 is 2.00 bits per heavy atom. The molecule has 3 aromatic carbocycles. The average molecular weight is 624 g/mol. The molecular weight excluding hydrogens is 585 g/mol. The van der Waals surface area contributed by atoms with Gasteiger partial charge in [-0.2, -0.15) is 4.31 Å². The lowest BCUT2D eigenvalue weighted by atomic mass is 10.0.